The molecular weight excluding hydrogens is 262 g/mol. The van der Waals surface area contributed by atoms with Crippen molar-refractivity contribution in [1.29, 1.82) is 0 Å². The highest BCUT2D eigenvalue weighted by Gasteiger charge is 2.29. The molecule has 1 saturated carbocycles. The molecule has 114 valence electrons. The molecule has 1 aliphatic carbocycles. The molecule has 0 aromatic rings. The van der Waals surface area contributed by atoms with Gasteiger partial charge < -0.3 is 5.32 Å². The van der Waals surface area contributed by atoms with E-state index in [0.717, 1.165) is 19.5 Å². The van der Waals surface area contributed by atoms with Crippen molar-refractivity contribution in [3.05, 3.63) is 0 Å². The smallest absolute Gasteiger partial charge is 0.211 e. The Kier molecular flexibility index (Phi) is 7.28. The van der Waals surface area contributed by atoms with Gasteiger partial charge in [0.15, 0.2) is 0 Å². The molecule has 6 heteroatoms. The first-order valence-electron chi connectivity index (χ1n) is 7.36. The van der Waals surface area contributed by atoms with Gasteiger partial charge in [0.05, 0.1) is 5.75 Å². The maximum atomic E-state index is 11.8. The van der Waals surface area contributed by atoms with E-state index in [-0.39, 0.29) is 11.8 Å². The number of sulfonamides is 1. The molecule has 0 aromatic heterocycles. The number of rotatable bonds is 11. The summed E-state index contributed by atoms with van der Waals surface area (Å²) < 4.78 is 26.4. The zero-order valence-corrected chi connectivity index (χ0v) is 13.3. The van der Waals surface area contributed by atoms with Crippen LogP contribution in [0.3, 0.4) is 0 Å². The van der Waals surface area contributed by atoms with Crippen LogP contribution in [0, 0.1) is 0 Å². The van der Waals surface area contributed by atoms with E-state index in [1.54, 1.807) is 0 Å². The van der Waals surface area contributed by atoms with Crippen LogP contribution in [-0.4, -0.2) is 57.8 Å². The fourth-order valence-corrected chi connectivity index (χ4v) is 3.16. The summed E-state index contributed by atoms with van der Waals surface area (Å²) in [5, 5.41) is 3.21. The van der Waals surface area contributed by atoms with Crippen molar-refractivity contribution in [2.45, 2.75) is 51.6 Å². The summed E-state index contributed by atoms with van der Waals surface area (Å²) in [6.45, 7) is 6.41. The monoisotopic (exact) mass is 291 g/mol. The topological polar surface area (TPSA) is 61.4 Å². The Hall–Kier alpha value is -0.170. The molecule has 1 atom stereocenters. The number of nitrogens with one attached hydrogen (secondary N) is 2. The summed E-state index contributed by atoms with van der Waals surface area (Å²) in [5.74, 6) is 0.212. The molecular formula is C13H29N3O2S. The van der Waals surface area contributed by atoms with Crippen LogP contribution in [0.25, 0.3) is 0 Å². The summed E-state index contributed by atoms with van der Waals surface area (Å²) in [6, 6.07) is 0.929. The Bertz CT molecular complexity index is 342. The van der Waals surface area contributed by atoms with Gasteiger partial charge in [-0.3, -0.25) is 4.90 Å². The van der Waals surface area contributed by atoms with E-state index >= 15 is 0 Å². The number of hydrogen-bond donors (Lipinski definition) is 2. The van der Waals surface area contributed by atoms with Crippen molar-refractivity contribution in [1.82, 2.24) is 14.9 Å². The van der Waals surface area contributed by atoms with Gasteiger partial charge in [0.2, 0.25) is 10.0 Å². The molecule has 1 rings (SSSR count). The molecule has 0 aromatic carbocycles. The molecule has 0 radical (unpaired) electrons. The molecule has 1 unspecified atom stereocenters. The quantitative estimate of drug-likeness (QED) is 0.552. The van der Waals surface area contributed by atoms with Gasteiger partial charge in [0.1, 0.15) is 0 Å². The van der Waals surface area contributed by atoms with Crippen molar-refractivity contribution < 1.29 is 8.42 Å². The zero-order chi connectivity index (χ0) is 14.3. The van der Waals surface area contributed by atoms with E-state index in [0.29, 0.717) is 19.0 Å². The second-order valence-corrected chi connectivity index (χ2v) is 7.44. The van der Waals surface area contributed by atoms with Crippen LogP contribution in [0.4, 0.5) is 0 Å². The minimum Gasteiger partial charge on any atom is -0.317 e. The molecule has 0 spiro atoms. The largest absolute Gasteiger partial charge is 0.317 e. The standard InChI is InChI=1S/C13H29N3O2S/c1-4-8-14-9-5-10-19(17,18)15-11-12(2)16(3)13-6-7-13/h12-15H,4-11H2,1-3H3. The van der Waals surface area contributed by atoms with Crippen molar-refractivity contribution in [3.8, 4) is 0 Å². The Morgan fingerprint density at radius 2 is 2.00 bits per heavy atom. The molecule has 0 amide bonds. The van der Waals surface area contributed by atoms with E-state index in [1.807, 2.05) is 0 Å². The van der Waals surface area contributed by atoms with Crippen LogP contribution in [0.15, 0.2) is 0 Å². The van der Waals surface area contributed by atoms with Gasteiger partial charge in [-0.1, -0.05) is 6.92 Å². The molecule has 0 aliphatic heterocycles. The van der Waals surface area contributed by atoms with Gasteiger partial charge >= 0.3 is 0 Å². The maximum Gasteiger partial charge on any atom is 0.211 e. The van der Waals surface area contributed by atoms with Crippen LogP contribution in [-0.2, 0) is 10.0 Å². The molecule has 2 N–H and O–H groups in total. The fraction of sp³-hybridized carbons (Fsp3) is 1.00. The summed E-state index contributed by atoms with van der Waals surface area (Å²) in [5.41, 5.74) is 0. The van der Waals surface area contributed by atoms with E-state index in [2.05, 4.69) is 35.8 Å². The predicted molar refractivity (Wildman–Crippen MR) is 79.8 cm³/mol. The van der Waals surface area contributed by atoms with Gasteiger partial charge in [-0.2, -0.15) is 0 Å². The lowest BCUT2D eigenvalue weighted by Crippen LogP contribution is -2.41. The number of likely N-dealkylation sites (N-methyl/N-ethyl adjacent to an activating group) is 1. The SMILES string of the molecule is CCCNCCCS(=O)(=O)NCC(C)N(C)C1CC1. The highest BCUT2D eigenvalue weighted by Crippen LogP contribution is 2.26. The van der Waals surface area contributed by atoms with Crippen molar-refractivity contribution in [2.75, 3.05) is 32.4 Å². The second kappa shape index (κ2) is 8.19. The van der Waals surface area contributed by atoms with Gasteiger partial charge in [-0.15, -0.1) is 0 Å². The van der Waals surface area contributed by atoms with Gasteiger partial charge in [-0.05, 0) is 52.7 Å². The summed E-state index contributed by atoms with van der Waals surface area (Å²) in [4.78, 5) is 2.27. The third kappa shape index (κ3) is 7.25. The van der Waals surface area contributed by atoms with Crippen molar-refractivity contribution >= 4 is 10.0 Å². The van der Waals surface area contributed by atoms with E-state index < -0.39 is 10.0 Å². The van der Waals surface area contributed by atoms with Gasteiger partial charge in [0.25, 0.3) is 0 Å². The van der Waals surface area contributed by atoms with Crippen molar-refractivity contribution in [3.63, 3.8) is 0 Å². The van der Waals surface area contributed by atoms with Crippen LogP contribution in [0.1, 0.15) is 39.5 Å². The first-order valence-corrected chi connectivity index (χ1v) is 9.01. The molecule has 0 bridgehead atoms. The lowest BCUT2D eigenvalue weighted by Gasteiger charge is -2.24. The van der Waals surface area contributed by atoms with Crippen LogP contribution < -0.4 is 10.0 Å². The third-order valence-corrected chi connectivity index (χ3v) is 5.04. The molecule has 0 heterocycles. The predicted octanol–water partition coefficient (Wildman–Crippen LogP) is 0.778. The summed E-state index contributed by atoms with van der Waals surface area (Å²) in [6.07, 6.45) is 4.24. The zero-order valence-electron chi connectivity index (χ0n) is 12.5. The molecule has 1 aliphatic rings. The average Bonchev–Trinajstić information content (AvgIpc) is 3.19. The highest BCUT2D eigenvalue weighted by molar-refractivity contribution is 7.89. The minimum absolute atomic E-state index is 0.212. The minimum atomic E-state index is -3.12. The Balaban J connectivity index is 2.14. The highest BCUT2D eigenvalue weighted by atomic mass is 32.2. The molecule has 1 fully saturated rings. The third-order valence-electron chi connectivity index (χ3n) is 3.61. The second-order valence-electron chi connectivity index (χ2n) is 5.52. The van der Waals surface area contributed by atoms with Crippen LogP contribution >= 0.6 is 0 Å². The molecule has 5 nitrogen and oxygen atoms in total. The Morgan fingerprint density at radius 3 is 2.58 bits per heavy atom. The van der Waals surface area contributed by atoms with E-state index in [1.165, 1.54) is 12.8 Å². The lowest BCUT2D eigenvalue weighted by atomic mass is 10.3. The number of hydrogen-bond acceptors (Lipinski definition) is 4. The van der Waals surface area contributed by atoms with E-state index in [4.69, 9.17) is 0 Å². The Morgan fingerprint density at radius 1 is 1.32 bits per heavy atom. The maximum absolute atomic E-state index is 11.8. The molecule has 0 saturated heterocycles. The summed E-state index contributed by atoms with van der Waals surface area (Å²) in [7, 11) is -1.04. The average molecular weight is 291 g/mol. The first kappa shape index (κ1) is 16.9. The van der Waals surface area contributed by atoms with Crippen molar-refractivity contribution in [2.24, 2.45) is 0 Å². The van der Waals surface area contributed by atoms with Gasteiger partial charge in [-0.25, -0.2) is 13.1 Å². The first-order chi connectivity index (χ1) is 8.96. The normalized spacial score (nSPS) is 17.9. The molecule has 19 heavy (non-hydrogen) atoms. The van der Waals surface area contributed by atoms with Crippen LogP contribution in [0.2, 0.25) is 0 Å². The Labute approximate surface area is 118 Å². The summed E-state index contributed by atoms with van der Waals surface area (Å²) >= 11 is 0. The fourth-order valence-electron chi connectivity index (χ4n) is 1.99. The lowest BCUT2D eigenvalue weighted by molar-refractivity contribution is 0.248. The van der Waals surface area contributed by atoms with E-state index in [9.17, 15) is 8.42 Å². The van der Waals surface area contributed by atoms with Crippen LogP contribution in [0.5, 0.6) is 0 Å². The van der Waals surface area contributed by atoms with Gasteiger partial charge in [0, 0.05) is 18.6 Å². The number of nitrogens with zero attached hydrogens (tertiary/aromatic N) is 1.